The van der Waals surface area contributed by atoms with Crippen LogP contribution < -0.4 is 4.72 Å². The summed E-state index contributed by atoms with van der Waals surface area (Å²) in [6.45, 7) is 1.24. The first kappa shape index (κ1) is 23.9. The molecule has 1 fully saturated rings. The lowest BCUT2D eigenvalue weighted by Gasteiger charge is -2.20. The Morgan fingerprint density at radius 3 is 2.84 bits per heavy atom. The maximum Gasteiger partial charge on any atom is 0.305 e. The summed E-state index contributed by atoms with van der Waals surface area (Å²) in [4.78, 5) is 18.0. The number of sulfonamides is 1. The van der Waals surface area contributed by atoms with Crippen molar-refractivity contribution in [2.75, 3.05) is 13.7 Å². The summed E-state index contributed by atoms with van der Waals surface area (Å²) < 4.78 is 33.0. The number of benzene rings is 1. The molecule has 1 aromatic heterocycles. The summed E-state index contributed by atoms with van der Waals surface area (Å²) in [6.07, 6.45) is 6.67. The first-order chi connectivity index (χ1) is 14.9. The second-order valence-electron chi connectivity index (χ2n) is 7.38. The Bertz CT molecular complexity index is 979. The lowest BCUT2D eigenvalue weighted by molar-refractivity contribution is -0.140. The van der Waals surface area contributed by atoms with Crippen LogP contribution in [0.5, 0.6) is 0 Å². The molecular weight excluding hydrogens is 458 g/mol. The van der Waals surface area contributed by atoms with Crippen LogP contribution in [0.15, 0.2) is 52.2 Å². The van der Waals surface area contributed by atoms with E-state index in [2.05, 4.69) is 31.5 Å². The molecule has 0 spiro atoms. The van der Waals surface area contributed by atoms with Gasteiger partial charge in [-0.1, -0.05) is 23.8 Å². The van der Waals surface area contributed by atoms with Gasteiger partial charge in [-0.25, -0.2) is 18.1 Å². The van der Waals surface area contributed by atoms with Gasteiger partial charge in [0.05, 0.1) is 23.2 Å². The molecule has 31 heavy (non-hydrogen) atoms. The molecule has 0 aliphatic carbocycles. The highest BCUT2D eigenvalue weighted by Gasteiger charge is 2.33. The van der Waals surface area contributed by atoms with Gasteiger partial charge >= 0.3 is 5.97 Å². The lowest BCUT2D eigenvalue weighted by atomic mass is 10.1. The van der Waals surface area contributed by atoms with Crippen molar-refractivity contribution in [2.45, 2.75) is 49.2 Å². The van der Waals surface area contributed by atoms with Crippen LogP contribution in [-0.2, 0) is 26.1 Å². The quantitative estimate of drug-likeness (QED) is 0.315. The van der Waals surface area contributed by atoms with Crippen LogP contribution in [0, 0.1) is 0 Å². The number of esters is 1. The molecule has 0 unspecified atom stereocenters. The molecule has 10 heteroatoms. The van der Waals surface area contributed by atoms with Crippen LogP contribution in [-0.4, -0.2) is 50.0 Å². The molecule has 1 aromatic carbocycles. The number of carbonyl (C=O) groups excluding carboxylic acids is 1. The number of aromatic nitrogens is 1. The van der Waals surface area contributed by atoms with E-state index in [0.717, 1.165) is 12.1 Å². The lowest BCUT2D eigenvalue weighted by Crippen LogP contribution is -2.37. The predicted molar refractivity (Wildman–Crippen MR) is 121 cm³/mol. The Kier molecular flexibility index (Phi) is 8.62. The van der Waals surface area contributed by atoms with Crippen molar-refractivity contribution < 1.29 is 17.9 Å². The highest BCUT2D eigenvalue weighted by atomic mass is 35.5. The molecule has 1 N–H and O–H groups in total. The van der Waals surface area contributed by atoms with E-state index in [-0.39, 0.29) is 22.9 Å². The van der Waals surface area contributed by atoms with Crippen LogP contribution in [0.25, 0.3) is 0 Å². The maximum atomic E-state index is 12.8. The minimum Gasteiger partial charge on any atom is -0.469 e. The molecule has 1 aliphatic rings. The minimum atomic E-state index is -3.64. The summed E-state index contributed by atoms with van der Waals surface area (Å²) in [6, 6.07) is 6.01. The Morgan fingerprint density at radius 1 is 1.39 bits per heavy atom. The van der Waals surface area contributed by atoms with Crippen molar-refractivity contribution in [1.82, 2.24) is 14.6 Å². The standard InChI is InChI=1S/C21H26ClN3O4S2/c1-29-21(26)6-4-2-3-5-19-11-17(12-25(19)13-18-14-30-15-23-18)24-31(27,28)20-9-7-16(22)8-10-20/h3,5,7-10,14-15,17,19,24H,2,4,6,11-13H2,1H3/t17-,19-/m1/s1. The van der Waals surface area contributed by atoms with Gasteiger partial charge in [0.25, 0.3) is 0 Å². The summed E-state index contributed by atoms with van der Waals surface area (Å²) in [5.41, 5.74) is 2.76. The molecule has 0 saturated carbocycles. The summed E-state index contributed by atoms with van der Waals surface area (Å²) in [5.74, 6) is -0.212. The van der Waals surface area contributed by atoms with Crippen molar-refractivity contribution >= 4 is 38.9 Å². The van der Waals surface area contributed by atoms with Crippen molar-refractivity contribution in [3.05, 3.63) is 58.0 Å². The van der Waals surface area contributed by atoms with Gasteiger partial charge in [-0.15, -0.1) is 11.3 Å². The second-order valence-corrected chi connectivity index (χ2v) is 10.3. The third-order valence-corrected chi connectivity index (χ3v) is 7.51. The topological polar surface area (TPSA) is 88.6 Å². The van der Waals surface area contributed by atoms with E-state index in [1.54, 1.807) is 29.0 Å². The van der Waals surface area contributed by atoms with E-state index in [1.807, 2.05) is 5.38 Å². The number of halogens is 1. The van der Waals surface area contributed by atoms with Gasteiger partial charge in [-0.2, -0.15) is 0 Å². The first-order valence-corrected chi connectivity index (χ1v) is 12.8. The van der Waals surface area contributed by atoms with Gasteiger partial charge in [-0.05, 0) is 43.5 Å². The smallest absolute Gasteiger partial charge is 0.305 e. The molecule has 0 radical (unpaired) electrons. The number of rotatable bonds is 10. The summed E-state index contributed by atoms with van der Waals surface area (Å²) >= 11 is 7.41. The Labute approximate surface area is 192 Å². The number of ether oxygens (including phenoxy) is 1. The highest BCUT2D eigenvalue weighted by molar-refractivity contribution is 7.89. The molecule has 0 amide bonds. The van der Waals surface area contributed by atoms with Gasteiger partial charge in [0, 0.05) is 42.0 Å². The van der Waals surface area contributed by atoms with Crippen LogP contribution >= 0.6 is 22.9 Å². The number of allylic oxidation sites excluding steroid dienone is 1. The molecule has 2 aromatic rings. The fourth-order valence-electron chi connectivity index (χ4n) is 3.55. The van der Waals surface area contributed by atoms with E-state index >= 15 is 0 Å². The Balaban J connectivity index is 1.64. The SMILES string of the molecule is COC(=O)CCCC=C[C@@H]1C[C@@H](NS(=O)(=O)c2ccc(Cl)cc2)CN1Cc1cscn1. The molecule has 3 rings (SSSR count). The van der Waals surface area contributed by atoms with Crippen LogP contribution in [0.3, 0.4) is 0 Å². The monoisotopic (exact) mass is 483 g/mol. The molecule has 168 valence electrons. The zero-order chi connectivity index (χ0) is 22.3. The molecule has 2 heterocycles. The molecule has 1 saturated heterocycles. The van der Waals surface area contributed by atoms with E-state index in [4.69, 9.17) is 11.6 Å². The van der Waals surface area contributed by atoms with E-state index in [9.17, 15) is 13.2 Å². The zero-order valence-corrected chi connectivity index (χ0v) is 19.6. The number of carbonyl (C=O) groups is 1. The molecular formula is C21H26ClN3O4S2. The number of nitrogens with one attached hydrogen (secondary N) is 1. The molecule has 1 aliphatic heterocycles. The predicted octanol–water partition coefficient (Wildman–Crippen LogP) is 3.62. The van der Waals surface area contributed by atoms with Gasteiger partial charge in [0.1, 0.15) is 0 Å². The first-order valence-electron chi connectivity index (χ1n) is 10.00. The van der Waals surface area contributed by atoms with Gasteiger partial charge in [0.2, 0.25) is 10.0 Å². The Morgan fingerprint density at radius 2 is 2.16 bits per heavy atom. The van der Waals surface area contributed by atoms with E-state index < -0.39 is 10.0 Å². The van der Waals surface area contributed by atoms with E-state index in [0.29, 0.717) is 37.4 Å². The van der Waals surface area contributed by atoms with Crippen molar-refractivity contribution in [3.8, 4) is 0 Å². The largest absolute Gasteiger partial charge is 0.469 e. The molecule has 7 nitrogen and oxygen atoms in total. The van der Waals surface area contributed by atoms with Crippen molar-refractivity contribution in [3.63, 3.8) is 0 Å². The van der Waals surface area contributed by atoms with Crippen LogP contribution in [0.1, 0.15) is 31.4 Å². The van der Waals surface area contributed by atoms with Crippen LogP contribution in [0.4, 0.5) is 0 Å². The third kappa shape index (κ3) is 7.11. The molecule has 0 bridgehead atoms. The summed E-state index contributed by atoms with van der Waals surface area (Å²) in [5, 5.41) is 2.49. The highest BCUT2D eigenvalue weighted by Crippen LogP contribution is 2.24. The van der Waals surface area contributed by atoms with Crippen molar-refractivity contribution in [1.29, 1.82) is 0 Å². The average Bonchev–Trinajstić information content (AvgIpc) is 3.38. The van der Waals surface area contributed by atoms with Gasteiger partial charge in [0.15, 0.2) is 0 Å². The number of methoxy groups -OCH3 is 1. The average molecular weight is 484 g/mol. The maximum absolute atomic E-state index is 12.8. The normalized spacial score (nSPS) is 19.8. The number of hydrogen-bond acceptors (Lipinski definition) is 7. The minimum absolute atomic E-state index is 0.0812. The molecule has 2 atom stereocenters. The summed E-state index contributed by atoms with van der Waals surface area (Å²) in [7, 11) is -2.25. The zero-order valence-electron chi connectivity index (χ0n) is 17.2. The number of likely N-dealkylation sites (tertiary alicyclic amines) is 1. The third-order valence-electron chi connectivity index (χ3n) is 5.08. The number of hydrogen-bond donors (Lipinski definition) is 1. The van der Waals surface area contributed by atoms with Crippen molar-refractivity contribution in [2.24, 2.45) is 0 Å². The Hall–Kier alpha value is -1.78. The fraction of sp³-hybridized carbons (Fsp3) is 0.429. The number of nitrogens with zero attached hydrogens (tertiary/aromatic N) is 2. The fourth-order valence-corrected chi connectivity index (χ4v) is 5.46. The van der Waals surface area contributed by atoms with E-state index in [1.165, 1.54) is 19.2 Å². The number of thiazole rings is 1. The van der Waals surface area contributed by atoms with Gasteiger partial charge in [-0.3, -0.25) is 9.69 Å². The van der Waals surface area contributed by atoms with Gasteiger partial charge < -0.3 is 4.74 Å². The number of unbranched alkanes of at least 4 members (excludes halogenated alkanes) is 1. The van der Waals surface area contributed by atoms with Crippen LogP contribution in [0.2, 0.25) is 5.02 Å². The second kappa shape index (κ2) is 11.2.